The number of carbonyl (C=O) groups is 4. The first kappa shape index (κ1) is 39.9. The number of nitrogens with zero attached hydrogens (tertiary/aromatic N) is 3. The number of rotatable bonds is 7. The van der Waals surface area contributed by atoms with Crippen LogP contribution in [0.3, 0.4) is 0 Å². The molecular formula is C43H54BrN3O7. The van der Waals surface area contributed by atoms with Crippen LogP contribution in [0.25, 0.3) is 0 Å². The van der Waals surface area contributed by atoms with E-state index < -0.39 is 71.8 Å². The predicted molar refractivity (Wildman–Crippen MR) is 209 cm³/mol. The standard InChI is InChI=1S/C43H54BrN3O7/c1-27-35(29-19-13-9-14-20-29)53-40(52)33-34-38(50)47(30(25-48)23-28-17-11-8-12-18-28)37(43(34)24-31(44)36(33)54-43)39(51)46(42(5,6)26-41(2,3)4)22-16-10-15-21-32(49)45(27)7/h8-14,16-20,24,27,30,33-37,48H,15,21-23,25-26H2,1-7H3/b16-10-/t27-,30+,33+,34-,35+,36+,37+,43-/m0/s1. The lowest BCUT2D eigenvalue weighted by molar-refractivity contribution is -0.164. The topological polar surface area (TPSA) is 117 Å². The number of fused-ring (bicyclic) bond motifs is 2. The SMILES string of the molecule is C[C@H]1[C@H](c2ccccc2)OC(=O)[C@H]2[C@@H]3O[C@@]4(C=C3Br)[C@@H]2C(=O)N([C@@H](CO)Cc2ccccc2)[C@@H]4C(=O)N(C(C)(C)CC(C)(C)C)C/C=C\CCC(=O)N1C. The lowest BCUT2D eigenvalue weighted by atomic mass is 9.74. The maximum Gasteiger partial charge on any atom is 0.313 e. The van der Waals surface area contributed by atoms with Crippen molar-refractivity contribution in [3.05, 3.63) is 94.5 Å². The van der Waals surface area contributed by atoms with Crippen molar-refractivity contribution in [1.82, 2.24) is 14.7 Å². The monoisotopic (exact) mass is 803 g/mol. The van der Waals surface area contributed by atoms with Crippen LogP contribution < -0.4 is 0 Å². The molecule has 11 heteroatoms. The van der Waals surface area contributed by atoms with Crippen LogP contribution in [-0.4, -0.2) is 99.1 Å². The second-order valence-electron chi connectivity index (χ2n) is 17.1. The molecule has 3 amide bonds. The van der Waals surface area contributed by atoms with E-state index in [0.717, 1.165) is 5.56 Å². The third-order valence-electron chi connectivity index (χ3n) is 11.5. The summed E-state index contributed by atoms with van der Waals surface area (Å²) in [5.74, 6) is -3.73. The number of amides is 3. The van der Waals surface area contributed by atoms with Crippen LogP contribution in [-0.2, 0) is 35.1 Å². The molecule has 1 spiro atoms. The highest BCUT2D eigenvalue weighted by atomic mass is 79.9. The number of likely N-dealkylation sites (tertiary alicyclic amines) is 1. The maximum atomic E-state index is 15.6. The second kappa shape index (κ2) is 15.4. The van der Waals surface area contributed by atoms with E-state index >= 15 is 9.59 Å². The summed E-state index contributed by atoms with van der Waals surface area (Å²) in [6, 6.07) is 16.3. The van der Waals surface area contributed by atoms with Gasteiger partial charge in [-0.1, -0.05) is 110 Å². The Kier molecular flexibility index (Phi) is 11.4. The molecule has 54 heavy (non-hydrogen) atoms. The minimum absolute atomic E-state index is 0.110. The van der Waals surface area contributed by atoms with Crippen LogP contribution in [0.5, 0.6) is 0 Å². The van der Waals surface area contributed by atoms with Crippen molar-refractivity contribution in [2.45, 2.75) is 109 Å². The van der Waals surface area contributed by atoms with E-state index in [1.165, 1.54) is 4.90 Å². The first-order valence-corrected chi connectivity index (χ1v) is 19.8. The number of aliphatic hydroxyl groups is 1. The molecule has 2 saturated heterocycles. The van der Waals surface area contributed by atoms with E-state index in [4.69, 9.17) is 9.47 Å². The summed E-state index contributed by atoms with van der Waals surface area (Å²) in [4.78, 5) is 63.9. The van der Waals surface area contributed by atoms with Crippen molar-refractivity contribution >= 4 is 39.6 Å². The molecular weight excluding hydrogens is 750 g/mol. The third-order valence-corrected chi connectivity index (χ3v) is 12.2. The number of hydrogen-bond donors (Lipinski definition) is 1. The molecule has 8 atom stereocenters. The Morgan fingerprint density at radius 2 is 1.57 bits per heavy atom. The number of carbonyl (C=O) groups excluding carboxylic acids is 4. The highest BCUT2D eigenvalue weighted by Gasteiger charge is 2.76. The molecule has 6 rings (SSSR count). The van der Waals surface area contributed by atoms with Crippen LogP contribution in [0.4, 0.5) is 0 Å². The zero-order valence-electron chi connectivity index (χ0n) is 32.4. The molecule has 2 aromatic rings. The van der Waals surface area contributed by atoms with Gasteiger partial charge < -0.3 is 29.3 Å². The lowest BCUT2D eigenvalue weighted by Crippen LogP contribution is -2.62. The first-order chi connectivity index (χ1) is 25.5. The Morgan fingerprint density at radius 3 is 2.20 bits per heavy atom. The molecule has 0 aromatic heterocycles. The summed E-state index contributed by atoms with van der Waals surface area (Å²) in [6.45, 7) is 12.1. The van der Waals surface area contributed by atoms with Crippen LogP contribution in [0.1, 0.15) is 78.0 Å². The quantitative estimate of drug-likeness (QED) is 0.270. The molecule has 0 unspecified atom stereocenters. The molecule has 0 radical (unpaired) electrons. The van der Waals surface area contributed by atoms with Gasteiger partial charge in [0.15, 0.2) is 0 Å². The fourth-order valence-corrected chi connectivity index (χ4v) is 10.1. The number of allylic oxidation sites excluding steroid dienone is 1. The van der Waals surface area contributed by atoms with Crippen molar-refractivity contribution in [2.24, 2.45) is 17.3 Å². The van der Waals surface area contributed by atoms with Gasteiger partial charge in [0.2, 0.25) is 17.7 Å². The van der Waals surface area contributed by atoms with Gasteiger partial charge in [0.1, 0.15) is 29.8 Å². The average Bonchev–Trinajstić information content (AvgIpc) is 3.72. The van der Waals surface area contributed by atoms with E-state index in [2.05, 4.69) is 36.7 Å². The zero-order valence-corrected chi connectivity index (χ0v) is 34.0. The highest BCUT2D eigenvalue weighted by Crippen LogP contribution is 2.59. The van der Waals surface area contributed by atoms with E-state index in [9.17, 15) is 14.7 Å². The molecule has 5 bridgehead atoms. The number of hydrogen-bond acceptors (Lipinski definition) is 7. The summed E-state index contributed by atoms with van der Waals surface area (Å²) in [7, 11) is 1.71. The van der Waals surface area contributed by atoms with Crippen LogP contribution in [0.2, 0.25) is 0 Å². The number of likely N-dealkylation sites (N-methyl/N-ethyl adjacent to an activating group) is 1. The molecule has 0 aliphatic carbocycles. The van der Waals surface area contributed by atoms with Gasteiger partial charge >= 0.3 is 5.97 Å². The Labute approximate surface area is 327 Å². The number of halogens is 1. The van der Waals surface area contributed by atoms with Crippen molar-refractivity contribution < 1.29 is 33.8 Å². The van der Waals surface area contributed by atoms with Crippen LogP contribution in [0, 0.1) is 17.3 Å². The Morgan fingerprint density at radius 1 is 0.926 bits per heavy atom. The first-order valence-electron chi connectivity index (χ1n) is 19.0. The Hall–Kier alpha value is -3.80. The molecule has 4 aliphatic rings. The Balaban J connectivity index is 1.52. The number of aliphatic hydroxyl groups excluding tert-OH is 1. The van der Waals surface area contributed by atoms with Gasteiger partial charge in [0.05, 0.1) is 24.6 Å². The third kappa shape index (κ3) is 7.43. The predicted octanol–water partition coefficient (Wildman–Crippen LogP) is 5.99. The van der Waals surface area contributed by atoms with Gasteiger partial charge in [-0.2, -0.15) is 0 Å². The minimum Gasteiger partial charge on any atom is -0.455 e. The number of benzene rings is 2. The fraction of sp³-hybridized carbons (Fsp3) is 0.535. The Bertz CT molecular complexity index is 1790. The summed E-state index contributed by atoms with van der Waals surface area (Å²) < 4.78 is 13.8. The van der Waals surface area contributed by atoms with Gasteiger partial charge in [-0.05, 0) is 62.7 Å². The van der Waals surface area contributed by atoms with Crippen LogP contribution >= 0.6 is 15.9 Å². The van der Waals surface area contributed by atoms with Crippen molar-refractivity contribution in [3.63, 3.8) is 0 Å². The van der Waals surface area contributed by atoms with Gasteiger partial charge in [0.25, 0.3) is 0 Å². The highest BCUT2D eigenvalue weighted by molar-refractivity contribution is 9.11. The van der Waals surface area contributed by atoms with Gasteiger partial charge in [0, 0.05) is 30.0 Å². The molecule has 290 valence electrons. The molecule has 10 nitrogen and oxygen atoms in total. The van der Waals surface area contributed by atoms with E-state index in [-0.39, 0.29) is 30.2 Å². The van der Waals surface area contributed by atoms with Gasteiger partial charge in [-0.15, -0.1) is 0 Å². The number of cyclic esters (lactones) is 1. The molecule has 4 heterocycles. The van der Waals surface area contributed by atoms with Gasteiger partial charge in [-0.25, -0.2) is 0 Å². The summed E-state index contributed by atoms with van der Waals surface area (Å²) in [5.41, 5.74) is -0.762. The van der Waals surface area contributed by atoms with Crippen molar-refractivity contribution in [1.29, 1.82) is 0 Å². The minimum atomic E-state index is -1.51. The van der Waals surface area contributed by atoms with E-state index in [1.807, 2.05) is 93.6 Å². The number of esters is 1. The van der Waals surface area contributed by atoms with Gasteiger partial charge in [-0.3, -0.25) is 19.2 Å². The summed E-state index contributed by atoms with van der Waals surface area (Å²) in [6.07, 6.45) is 5.53. The molecule has 2 fully saturated rings. The molecule has 4 aliphatic heterocycles. The second-order valence-corrected chi connectivity index (χ2v) is 18.0. The normalized spacial score (nSPS) is 30.7. The van der Waals surface area contributed by atoms with Crippen molar-refractivity contribution in [3.8, 4) is 0 Å². The summed E-state index contributed by atoms with van der Waals surface area (Å²) in [5, 5.41) is 11.0. The zero-order chi connectivity index (χ0) is 39.2. The maximum absolute atomic E-state index is 15.6. The number of ether oxygens (including phenoxy) is 2. The molecule has 0 saturated carbocycles. The van der Waals surface area contributed by atoms with Crippen molar-refractivity contribution in [2.75, 3.05) is 20.2 Å². The lowest BCUT2D eigenvalue weighted by Gasteiger charge is -2.46. The molecule has 2 aromatic carbocycles. The van der Waals surface area contributed by atoms with Crippen LogP contribution in [0.15, 0.2) is 83.4 Å². The summed E-state index contributed by atoms with van der Waals surface area (Å²) >= 11 is 3.67. The van der Waals surface area contributed by atoms with E-state index in [1.54, 1.807) is 22.9 Å². The molecule has 1 N–H and O–H groups in total. The largest absolute Gasteiger partial charge is 0.455 e. The smallest absolute Gasteiger partial charge is 0.313 e. The average molecular weight is 805 g/mol. The van der Waals surface area contributed by atoms with E-state index in [0.29, 0.717) is 29.3 Å². The fourth-order valence-electron chi connectivity index (χ4n) is 9.31.